The summed E-state index contributed by atoms with van der Waals surface area (Å²) in [7, 11) is 0. The molecule has 0 bridgehead atoms. The predicted octanol–water partition coefficient (Wildman–Crippen LogP) is 5.40. The van der Waals surface area contributed by atoms with Gasteiger partial charge in [0.1, 0.15) is 5.60 Å². The van der Waals surface area contributed by atoms with E-state index in [-0.39, 0.29) is 6.54 Å². The van der Waals surface area contributed by atoms with Crippen molar-refractivity contribution in [3.05, 3.63) is 71.8 Å². The van der Waals surface area contributed by atoms with Gasteiger partial charge < -0.3 is 10.1 Å². The van der Waals surface area contributed by atoms with Crippen LogP contribution in [0.4, 0.5) is 4.79 Å². The molecule has 0 aromatic carbocycles. The van der Waals surface area contributed by atoms with Crippen molar-refractivity contribution in [1.82, 2.24) is 25.3 Å². The fourth-order valence-corrected chi connectivity index (χ4v) is 3.49. The van der Waals surface area contributed by atoms with Gasteiger partial charge in [0, 0.05) is 28.5 Å². The summed E-state index contributed by atoms with van der Waals surface area (Å²) in [5, 5.41) is 3.65. The van der Waals surface area contributed by atoms with Gasteiger partial charge in [-0.15, -0.1) is 0 Å². The number of rotatable bonds is 4. The Balaban J connectivity index is 1.59. The van der Waals surface area contributed by atoms with Gasteiger partial charge in [0.05, 0.1) is 34.8 Å². The fourth-order valence-electron chi connectivity index (χ4n) is 3.49. The lowest BCUT2D eigenvalue weighted by Gasteiger charge is -2.19. The van der Waals surface area contributed by atoms with Crippen LogP contribution < -0.4 is 5.32 Å². The Hall–Kier alpha value is -3.87. The Morgan fingerprint density at radius 2 is 1.61 bits per heavy atom. The van der Waals surface area contributed by atoms with E-state index in [1.54, 1.807) is 6.20 Å². The highest BCUT2D eigenvalue weighted by Gasteiger charge is 2.16. The molecule has 0 aliphatic carbocycles. The van der Waals surface area contributed by atoms with Crippen molar-refractivity contribution >= 4 is 17.0 Å². The van der Waals surface area contributed by atoms with Crippen LogP contribution in [0.2, 0.25) is 0 Å². The molecule has 0 saturated carbocycles. The second-order valence-corrected chi connectivity index (χ2v) is 8.97. The summed E-state index contributed by atoms with van der Waals surface area (Å²) in [4.78, 5) is 30.4. The van der Waals surface area contributed by atoms with E-state index in [0.29, 0.717) is 5.69 Å². The third-order valence-corrected chi connectivity index (χ3v) is 4.83. The van der Waals surface area contributed by atoms with Crippen molar-refractivity contribution < 1.29 is 9.53 Å². The third kappa shape index (κ3) is 5.68. The monoisotopic (exact) mass is 441 g/mol. The highest BCUT2D eigenvalue weighted by molar-refractivity contribution is 5.81. The summed E-state index contributed by atoms with van der Waals surface area (Å²) in [6, 6.07) is 15.8. The van der Waals surface area contributed by atoms with E-state index in [2.05, 4.69) is 15.3 Å². The largest absolute Gasteiger partial charge is 0.444 e. The van der Waals surface area contributed by atoms with E-state index in [9.17, 15) is 4.79 Å². The molecule has 0 atom stereocenters. The molecule has 0 fully saturated rings. The maximum Gasteiger partial charge on any atom is 0.407 e. The summed E-state index contributed by atoms with van der Waals surface area (Å²) >= 11 is 0. The van der Waals surface area contributed by atoms with Crippen LogP contribution in [0.1, 0.15) is 37.9 Å². The minimum atomic E-state index is -0.549. The van der Waals surface area contributed by atoms with E-state index in [0.717, 1.165) is 44.9 Å². The number of alkyl carbamates (subject to hydrolysis) is 1. The number of aromatic nitrogens is 4. The Labute approximate surface area is 193 Å². The highest BCUT2D eigenvalue weighted by atomic mass is 16.6. The molecule has 4 aromatic heterocycles. The van der Waals surface area contributed by atoms with E-state index in [1.165, 1.54) is 0 Å². The van der Waals surface area contributed by atoms with Crippen molar-refractivity contribution in [3.8, 4) is 22.6 Å². The van der Waals surface area contributed by atoms with Crippen molar-refractivity contribution in [3.63, 3.8) is 0 Å². The molecule has 4 aromatic rings. The molecule has 1 amide bonds. The van der Waals surface area contributed by atoms with Gasteiger partial charge in [0.15, 0.2) is 0 Å². The normalized spacial score (nSPS) is 11.4. The van der Waals surface area contributed by atoms with Crippen molar-refractivity contribution in [1.29, 1.82) is 0 Å². The lowest BCUT2D eigenvalue weighted by atomic mass is 10.1. The lowest BCUT2D eigenvalue weighted by Crippen LogP contribution is -2.32. The number of pyridine rings is 4. The molecule has 4 heterocycles. The molecule has 0 unspecified atom stereocenters. The van der Waals surface area contributed by atoms with Gasteiger partial charge in [-0.2, -0.15) is 0 Å². The average molecular weight is 442 g/mol. The Morgan fingerprint density at radius 3 is 2.33 bits per heavy atom. The molecule has 4 rings (SSSR count). The number of carbonyl (C=O) groups is 1. The number of fused-ring (bicyclic) bond motifs is 1. The first kappa shape index (κ1) is 22.3. The Bertz CT molecular complexity index is 1310. The molecule has 0 spiro atoms. The second-order valence-electron chi connectivity index (χ2n) is 8.97. The molecule has 0 saturated heterocycles. The van der Waals surface area contributed by atoms with Crippen LogP contribution in [-0.4, -0.2) is 31.6 Å². The van der Waals surface area contributed by atoms with Crippen LogP contribution in [0, 0.1) is 13.8 Å². The first-order chi connectivity index (χ1) is 15.7. The maximum absolute atomic E-state index is 11.9. The molecule has 0 radical (unpaired) electrons. The van der Waals surface area contributed by atoms with Gasteiger partial charge in [-0.1, -0.05) is 6.07 Å². The SMILES string of the molecule is Cc1cc(-c2cccc(-c3ccc4cnc(CNC(=O)OC(C)(C)C)cc4n3)n2)cc(C)n1. The standard InChI is InChI=1S/C26H27N5O2/c1-16-11-19(12-17(2)29-16)21-7-6-8-22(30-21)23-10-9-18-14-27-20(13-24(18)31-23)15-28-25(32)33-26(3,4)5/h6-14H,15H2,1-5H3,(H,28,32). The number of amides is 1. The van der Waals surface area contributed by atoms with E-state index < -0.39 is 11.7 Å². The van der Waals surface area contributed by atoms with E-state index in [4.69, 9.17) is 14.7 Å². The average Bonchev–Trinajstić information content (AvgIpc) is 2.75. The summed E-state index contributed by atoms with van der Waals surface area (Å²) in [6.07, 6.45) is 1.28. The Morgan fingerprint density at radius 1 is 0.909 bits per heavy atom. The van der Waals surface area contributed by atoms with Crippen LogP contribution in [0.3, 0.4) is 0 Å². The molecule has 7 nitrogen and oxygen atoms in total. The number of nitrogens with zero attached hydrogens (tertiary/aromatic N) is 4. The number of hydrogen-bond acceptors (Lipinski definition) is 6. The molecule has 7 heteroatoms. The zero-order valence-corrected chi connectivity index (χ0v) is 19.5. The summed E-state index contributed by atoms with van der Waals surface area (Å²) in [6.45, 7) is 9.69. The zero-order chi connectivity index (χ0) is 23.6. The van der Waals surface area contributed by atoms with Crippen LogP contribution in [-0.2, 0) is 11.3 Å². The molecular weight excluding hydrogens is 414 g/mol. The van der Waals surface area contributed by atoms with Crippen LogP contribution in [0.15, 0.2) is 54.7 Å². The van der Waals surface area contributed by atoms with E-state index >= 15 is 0 Å². The third-order valence-electron chi connectivity index (χ3n) is 4.83. The topological polar surface area (TPSA) is 89.9 Å². The van der Waals surface area contributed by atoms with E-state index in [1.807, 2.05) is 83.1 Å². The number of ether oxygens (including phenoxy) is 1. The summed E-state index contributed by atoms with van der Waals surface area (Å²) in [5.74, 6) is 0. The molecular formula is C26H27N5O2. The van der Waals surface area contributed by atoms with Crippen molar-refractivity contribution in [2.75, 3.05) is 0 Å². The molecule has 1 N–H and O–H groups in total. The minimum absolute atomic E-state index is 0.255. The minimum Gasteiger partial charge on any atom is -0.444 e. The highest BCUT2D eigenvalue weighted by Crippen LogP contribution is 2.24. The lowest BCUT2D eigenvalue weighted by molar-refractivity contribution is 0.0523. The fraction of sp³-hybridized carbons (Fsp3) is 0.269. The summed E-state index contributed by atoms with van der Waals surface area (Å²) in [5.41, 5.74) is 6.31. The molecule has 33 heavy (non-hydrogen) atoms. The number of nitrogens with one attached hydrogen (secondary N) is 1. The van der Waals surface area contributed by atoms with Crippen molar-refractivity contribution in [2.45, 2.75) is 46.8 Å². The van der Waals surface area contributed by atoms with Crippen LogP contribution in [0.25, 0.3) is 33.5 Å². The Kier molecular flexibility index (Phi) is 6.05. The van der Waals surface area contributed by atoms with Gasteiger partial charge in [-0.25, -0.2) is 14.8 Å². The number of aryl methyl sites for hydroxylation is 2. The molecule has 168 valence electrons. The van der Waals surface area contributed by atoms with Crippen LogP contribution >= 0.6 is 0 Å². The predicted molar refractivity (Wildman–Crippen MR) is 129 cm³/mol. The maximum atomic E-state index is 11.9. The molecule has 0 aliphatic heterocycles. The molecule has 0 aliphatic rings. The number of carbonyl (C=O) groups excluding carboxylic acids is 1. The quantitative estimate of drug-likeness (QED) is 0.456. The number of hydrogen-bond donors (Lipinski definition) is 1. The zero-order valence-electron chi connectivity index (χ0n) is 19.5. The summed E-state index contributed by atoms with van der Waals surface area (Å²) < 4.78 is 5.28. The smallest absolute Gasteiger partial charge is 0.407 e. The van der Waals surface area contributed by atoms with Gasteiger partial charge in [-0.3, -0.25) is 9.97 Å². The van der Waals surface area contributed by atoms with Gasteiger partial charge in [0.25, 0.3) is 0 Å². The first-order valence-corrected chi connectivity index (χ1v) is 10.8. The van der Waals surface area contributed by atoms with Gasteiger partial charge in [-0.05, 0) is 77.1 Å². The van der Waals surface area contributed by atoms with Crippen LogP contribution in [0.5, 0.6) is 0 Å². The second kappa shape index (κ2) is 8.94. The first-order valence-electron chi connectivity index (χ1n) is 10.8. The van der Waals surface area contributed by atoms with Gasteiger partial charge >= 0.3 is 6.09 Å². The van der Waals surface area contributed by atoms with Crippen molar-refractivity contribution in [2.24, 2.45) is 0 Å². The van der Waals surface area contributed by atoms with Gasteiger partial charge in [0.2, 0.25) is 0 Å².